The molecular formula is C22H22N4O4. The van der Waals surface area contributed by atoms with E-state index < -0.39 is 0 Å². The molecule has 4 aromatic rings. The van der Waals surface area contributed by atoms with Crippen LogP contribution in [0.5, 0.6) is 5.75 Å². The Morgan fingerprint density at radius 2 is 1.93 bits per heavy atom. The molecule has 0 aliphatic carbocycles. The third-order valence-corrected chi connectivity index (χ3v) is 5.29. The van der Waals surface area contributed by atoms with Crippen LogP contribution in [0.2, 0.25) is 0 Å². The highest BCUT2D eigenvalue weighted by molar-refractivity contribution is 5.85. The Hall–Kier alpha value is -3.68. The molecule has 0 aliphatic heterocycles. The number of aromatic nitrogens is 3. The molecule has 0 saturated heterocycles. The van der Waals surface area contributed by atoms with Gasteiger partial charge in [0.25, 0.3) is 5.91 Å². The van der Waals surface area contributed by atoms with E-state index in [1.54, 1.807) is 19.9 Å². The van der Waals surface area contributed by atoms with E-state index >= 15 is 0 Å². The summed E-state index contributed by atoms with van der Waals surface area (Å²) in [5.74, 6) is 0.828. The van der Waals surface area contributed by atoms with Crippen molar-refractivity contribution >= 4 is 22.5 Å². The topological polar surface area (TPSA) is 98.7 Å². The quantitative estimate of drug-likeness (QED) is 0.512. The number of fused-ring (bicyclic) bond motifs is 2. The van der Waals surface area contributed by atoms with Gasteiger partial charge in [0.05, 0.1) is 6.04 Å². The average molecular weight is 406 g/mol. The average Bonchev–Trinajstić information content (AvgIpc) is 3.16. The van der Waals surface area contributed by atoms with Gasteiger partial charge >= 0.3 is 5.63 Å². The number of pyridine rings is 1. The Kier molecular flexibility index (Phi) is 4.99. The first-order valence-electron chi connectivity index (χ1n) is 9.62. The van der Waals surface area contributed by atoms with Crippen LogP contribution >= 0.6 is 0 Å². The third-order valence-electron chi connectivity index (χ3n) is 5.29. The van der Waals surface area contributed by atoms with E-state index in [9.17, 15) is 9.59 Å². The molecule has 8 heteroatoms. The van der Waals surface area contributed by atoms with E-state index in [0.717, 1.165) is 10.9 Å². The van der Waals surface area contributed by atoms with E-state index in [2.05, 4.69) is 15.5 Å². The molecule has 8 nitrogen and oxygen atoms in total. The molecule has 0 saturated carbocycles. The van der Waals surface area contributed by atoms with Crippen LogP contribution in [-0.2, 0) is 4.79 Å². The number of ether oxygens (including phenoxy) is 1. The van der Waals surface area contributed by atoms with Gasteiger partial charge in [-0.25, -0.2) is 4.79 Å². The van der Waals surface area contributed by atoms with Crippen LogP contribution in [0.15, 0.2) is 45.7 Å². The van der Waals surface area contributed by atoms with Crippen molar-refractivity contribution in [1.82, 2.24) is 19.9 Å². The maximum Gasteiger partial charge on any atom is 0.339 e. The van der Waals surface area contributed by atoms with Gasteiger partial charge in [-0.3, -0.25) is 9.20 Å². The minimum absolute atomic E-state index is 0.178. The van der Waals surface area contributed by atoms with Gasteiger partial charge in [0.15, 0.2) is 18.1 Å². The Labute approximate surface area is 172 Å². The number of carbonyl (C=O) groups is 1. The van der Waals surface area contributed by atoms with Crippen molar-refractivity contribution in [2.45, 2.75) is 33.7 Å². The van der Waals surface area contributed by atoms with Crippen LogP contribution in [-0.4, -0.2) is 27.1 Å². The smallest absolute Gasteiger partial charge is 0.339 e. The molecule has 0 bridgehead atoms. The molecule has 1 amide bonds. The van der Waals surface area contributed by atoms with Crippen LogP contribution in [0.3, 0.4) is 0 Å². The van der Waals surface area contributed by atoms with E-state index in [1.807, 2.05) is 48.7 Å². The van der Waals surface area contributed by atoms with Crippen LogP contribution in [0.4, 0.5) is 0 Å². The largest absolute Gasteiger partial charge is 0.483 e. The Morgan fingerprint density at radius 3 is 2.73 bits per heavy atom. The number of hydrogen-bond acceptors (Lipinski definition) is 6. The van der Waals surface area contributed by atoms with Gasteiger partial charge in [-0.05, 0) is 57.5 Å². The predicted octanol–water partition coefficient (Wildman–Crippen LogP) is 3.02. The van der Waals surface area contributed by atoms with Crippen molar-refractivity contribution in [3.63, 3.8) is 0 Å². The Morgan fingerprint density at radius 1 is 1.13 bits per heavy atom. The van der Waals surface area contributed by atoms with Crippen molar-refractivity contribution in [2.24, 2.45) is 0 Å². The number of aryl methyl sites for hydroxylation is 2. The molecule has 3 heterocycles. The molecule has 3 aromatic heterocycles. The zero-order valence-electron chi connectivity index (χ0n) is 17.2. The summed E-state index contributed by atoms with van der Waals surface area (Å²) in [4.78, 5) is 24.4. The SMILES string of the molecule is Cc1c(C)c2ccc(OCC(=O)NC(C)c3nnc4ccccn34)c(C)c2oc1=O. The van der Waals surface area contributed by atoms with E-state index in [4.69, 9.17) is 9.15 Å². The van der Waals surface area contributed by atoms with Crippen molar-refractivity contribution in [1.29, 1.82) is 0 Å². The number of carbonyl (C=O) groups excluding carboxylic acids is 1. The van der Waals surface area contributed by atoms with Gasteiger partial charge in [0, 0.05) is 22.7 Å². The Bertz CT molecular complexity index is 1320. The van der Waals surface area contributed by atoms with Crippen molar-refractivity contribution in [3.05, 3.63) is 69.5 Å². The molecule has 1 atom stereocenters. The summed E-state index contributed by atoms with van der Waals surface area (Å²) in [6.07, 6.45) is 1.85. The zero-order valence-corrected chi connectivity index (χ0v) is 17.2. The maximum atomic E-state index is 12.4. The molecule has 0 radical (unpaired) electrons. The van der Waals surface area contributed by atoms with Gasteiger partial charge in [0.1, 0.15) is 11.3 Å². The third kappa shape index (κ3) is 3.41. The highest BCUT2D eigenvalue weighted by atomic mass is 16.5. The van der Waals surface area contributed by atoms with Crippen LogP contribution < -0.4 is 15.7 Å². The standard InChI is InChI=1S/C22H22N4O4/c1-12-13(2)22(28)30-20-14(3)17(9-8-16(12)20)29-11-19(27)23-15(4)21-25-24-18-7-5-6-10-26(18)21/h5-10,15H,11H2,1-4H3,(H,23,27). The lowest BCUT2D eigenvalue weighted by Gasteiger charge is -2.14. The molecule has 0 spiro atoms. The first-order chi connectivity index (χ1) is 14.4. The highest BCUT2D eigenvalue weighted by Gasteiger charge is 2.17. The fraction of sp³-hybridized carbons (Fsp3) is 0.273. The molecule has 0 fully saturated rings. The first kappa shape index (κ1) is 19.6. The van der Waals surface area contributed by atoms with Gasteiger partial charge < -0.3 is 14.5 Å². The second kappa shape index (κ2) is 7.62. The number of amides is 1. The molecular weight excluding hydrogens is 384 g/mol. The summed E-state index contributed by atoms with van der Waals surface area (Å²) in [7, 11) is 0. The van der Waals surface area contributed by atoms with Crippen molar-refractivity contribution in [3.8, 4) is 5.75 Å². The second-order valence-electron chi connectivity index (χ2n) is 7.27. The fourth-order valence-electron chi connectivity index (χ4n) is 3.43. The predicted molar refractivity (Wildman–Crippen MR) is 112 cm³/mol. The molecule has 1 unspecified atom stereocenters. The summed E-state index contributed by atoms with van der Waals surface area (Å²) < 4.78 is 13.0. The lowest BCUT2D eigenvalue weighted by atomic mass is 10.0. The summed E-state index contributed by atoms with van der Waals surface area (Å²) in [5, 5.41) is 12.0. The molecule has 4 rings (SSSR count). The minimum Gasteiger partial charge on any atom is -0.483 e. The fourth-order valence-corrected chi connectivity index (χ4v) is 3.43. The van der Waals surface area contributed by atoms with Gasteiger partial charge in [-0.2, -0.15) is 0 Å². The molecule has 30 heavy (non-hydrogen) atoms. The minimum atomic E-state index is -0.368. The molecule has 1 aromatic carbocycles. The Balaban J connectivity index is 1.48. The summed E-state index contributed by atoms with van der Waals surface area (Å²) in [6, 6.07) is 8.87. The molecule has 154 valence electrons. The monoisotopic (exact) mass is 406 g/mol. The summed E-state index contributed by atoms with van der Waals surface area (Å²) >= 11 is 0. The van der Waals surface area contributed by atoms with Crippen LogP contribution in [0.25, 0.3) is 16.6 Å². The van der Waals surface area contributed by atoms with Gasteiger partial charge in [0.2, 0.25) is 0 Å². The van der Waals surface area contributed by atoms with Gasteiger partial charge in [-0.1, -0.05) is 6.07 Å². The van der Waals surface area contributed by atoms with E-state index in [1.165, 1.54) is 0 Å². The zero-order chi connectivity index (χ0) is 21.4. The highest BCUT2D eigenvalue weighted by Crippen LogP contribution is 2.29. The summed E-state index contributed by atoms with van der Waals surface area (Å²) in [5.41, 5.74) is 2.96. The molecule has 0 aliphatic rings. The number of rotatable bonds is 5. The number of nitrogens with zero attached hydrogens (tertiary/aromatic N) is 3. The summed E-state index contributed by atoms with van der Waals surface area (Å²) in [6.45, 7) is 7.09. The number of hydrogen-bond donors (Lipinski definition) is 1. The number of nitrogens with one attached hydrogen (secondary N) is 1. The van der Waals surface area contributed by atoms with Crippen molar-refractivity contribution in [2.75, 3.05) is 6.61 Å². The first-order valence-corrected chi connectivity index (χ1v) is 9.62. The van der Waals surface area contributed by atoms with E-state index in [-0.39, 0.29) is 24.2 Å². The lowest BCUT2D eigenvalue weighted by molar-refractivity contribution is -0.123. The second-order valence-corrected chi connectivity index (χ2v) is 7.27. The number of benzene rings is 1. The maximum absolute atomic E-state index is 12.4. The normalized spacial score (nSPS) is 12.3. The van der Waals surface area contributed by atoms with Crippen molar-refractivity contribution < 1.29 is 13.9 Å². The molecule has 1 N–H and O–H groups in total. The van der Waals surface area contributed by atoms with E-state index in [0.29, 0.717) is 33.9 Å². The van der Waals surface area contributed by atoms with Crippen LogP contribution in [0.1, 0.15) is 35.5 Å². The van der Waals surface area contributed by atoms with Crippen LogP contribution in [0, 0.1) is 20.8 Å². The lowest BCUT2D eigenvalue weighted by Crippen LogP contribution is -2.32. The van der Waals surface area contributed by atoms with Gasteiger partial charge in [-0.15, -0.1) is 10.2 Å².